The van der Waals surface area contributed by atoms with Crippen molar-refractivity contribution in [3.05, 3.63) is 63.1 Å². The number of carbonyl (C=O) groups is 1. The van der Waals surface area contributed by atoms with E-state index in [1.54, 1.807) is 22.3 Å². The van der Waals surface area contributed by atoms with Crippen molar-refractivity contribution in [1.29, 1.82) is 0 Å². The van der Waals surface area contributed by atoms with Gasteiger partial charge in [-0.15, -0.1) is 11.3 Å². The number of fused-ring (bicyclic) bond motifs is 2. The Labute approximate surface area is 176 Å². The highest BCUT2D eigenvalue weighted by Gasteiger charge is 2.43. The molecule has 0 unspecified atom stereocenters. The predicted molar refractivity (Wildman–Crippen MR) is 113 cm³/mol. The van der Waals surface area contributed by atoms with Gasteiger partial charge in [0.2, 0.25) is 0 Å². The molecule has 5 rings (SSSR count). The van der Waals surface area contributed by atoms with Gasteiger partial charge < -0.3 is 20.4 Å². The largest absolute Gasteiger partial charge is 0.384 e. The van der Waals surface area contributed by atoms with Crippen molar-refractivity contribution in [2.75, 3.05) is 25.4 Å². The van der Waals surface area contributed by atoms with Gasteiger partial charge in [-0.05, 0) is 36.6 Å². The summed E-state index contributed by atoms with van der Waals surface area (Å²) in [7, 11) is 0. The Balaban J connectivity index is 1.40. The van der Waals surface area contributed by atoms with Crippen LogP contribution in [0, 0.1) is 0 Å². The first-order valence-corrected chi connectivity index (χ1v) is 10.7. The van der Waals surface area contributed by atoms with Gasteiger partial charge in [0.05, 0.1) is 22.8 Å². The average molecular weight is 423 g/mol. The lowest BCUT2D eigenvalue weighted by atomic mass is 9.82. The molecule has 0 atom stereocenters. The van der Waals surface area contributed by atoms with Crippen LogP contribution < -0.4 is 11.3 Å². The number of aromatic nitrogens is 3. The van der Waals surface area contributed by atoms with Crippen molar-refractivity contribution in [2.45, 2.75) is 24.9 Å². The Bertz CT molecular complexity index is 1160. The lowest BCUT2D eigenvalue weighted by molar-refractivity contribution is -0.0926. The number of amides is 1. The zero-order chi connectivity index (χ0) is 20.7. The smallest absolute Gasteiger partial charge is 0.279 e. The highest BCUT2D eigenvalue weighted by Crippen LogP contribution is 2.46. The number of nitrogens with one attached hydrogen (secondary N) is 1. The van der Waals surface area contributed by atoms with Crippen LogP contribution in [-0.2, 0) is 16.8 Å². The molecule has 2 aliphatic heterocycles. The number of aromatic amines is 1. The summed E-state index contributed by atoms with van der Waals surface area (Å²) < 4.78 is 6.30. The molecule has 8 nitrogen and oxygen atoms in total. The Hall–Kier alpha value is -3.04. The Morgan fingerprint density at radius 3 is 2.90 bits per heavy atom. The third-order valence-electron chi connectivity index (χ3n) is 5.80. The monoisotopic (exact) mass is 423 g/mol. The molecule has 0 aromatic carbocycles. The number of ether oxygens (including phenoxy) is 1. The Morgan fingerprint density at radius 2 is 2.13 bits per heavy atom. The summed E-state index contributed by atoms with van der Waals surface area (Å²) in [5.41, 5.74) is 6.99. The second-order valence-corrected chi connectivity index (χ2v) is 8.68. The summed E-state index contributed by atoms with van der Waals surface area (Å²) in [5, 5.41) is 0. The summed E-state index contributed by atoms with van der Waals surface area (Å²) in [6.07, 6.45) is 5.07. The van der Waals surface area contributed by atoms with Gasteiger partial charge >= 0.3 is 0 Å². The number of carbonyl (C=O) groups excluding carboxylic acids is 1. The van der Waals surface area contributed by atoms with Crippen molar-refractivity contribution < 1.29 is 9.53 Å². The van der Waals surface area contributed by atoms with Crippen LogP contribution >= 0.6 is 11.3 Å². The number of piperidine rings is 1. The molecular formula is C21H21N5O3S. The van der Waals surface area contributed by atoms with Gasteiger partial charge in [-0.25, -0.2) is 9.97 Å². The molecule has 0 saturated carbocycles. The molecular weight excluding hydrogens is 402 g/mol. The number of anilines is 1. The fourth-order valence-electron chi connectivity index (χ4n) is 4.27. The summed E-state index contributed by atoms with van der Waals surface area (Å²) >= 11 is 1.74. The molecule has 1 amide bonds. The standard InChI is InChI=1S/C21H21N5O3S/c22-17-3-1-2-14(25-17)16-12-13-15(30-16)4-11-29-21(13)5-9-26(10-6-21)20(28)18-19(27)24-8-7-23-18/h1-3,7-8,12H,4-6,9-11H2,(H2,22,25)(H,24,27). The molecule has 154 valence electrons. The van der Waals surface area contributed by atoms with E-state index in [-0.39, 0.29) is 11.6 Å². The van der Waals surface area contributed by atoms with E-state index in [1.165, 1.54) is 22.8 Å². The topological polar surface area (TPSA) is 114 Å². The van der Waals surface area contributed by atoms with Crippen LogP contribution in [-0.4, -0.2) is 45.5 Å². The van der Waals surface area contributed by atoms with Crippen LogP contribution in [0.2, 0.25) is 0 Å². The number of hydrogen-bond acceptors (Lipinski definition) is 7. The Kier molecular flexibility index (Phi) is 4.63. The maximum Gasteiger partial charge on any atom is 0.279 e. The molecule has 2 aliphatic rings. The maximum atomic E-state index is 12.7. The second kappa shape index (κ2) is 7.33. The van der Waals surface area contributed by atoms with Crippen molar-refractivity contribution in [3.8, 4) is 10.6 Å². The van der Waals surface area contributed by atoms with E-state index in [0.717, 1.165) is 17.0 Å². The molecule has 1 spiro atoms. The van der Waals surface area contributed by atoms with Gasteiger partial charge in [0, 0.05) is 36.8 Å². The molecule has 1 saturated heterocycles. The summed E-state index contributed by atoms with van der Waals surface area (Å²) in [5.74, 6) is 0.166. The van der Waals surface area contributed by atoms with Crippen molar-refractivity contribution in [2.24, 2.45) is 0 Å². The number of pyridine rings is 1. The molecule has 5 heterocycles. The number of thiophene rings is 1. The van der Waals surface area contributed by atoms with Gasteiger partial charge in [-0.2, -0.15) is 0 Å². The fraction of sp³-hybridized carbons (Fsp3) is 0.333. The zero-order valence-electron chi connectivity index (χ0n) is 16.3. The highest BCUT2D eigenvalue weighted by atomic mass is 32.1. The second-order valence-electron chi connectivity index (χ2n) is 7.55. The number of hydrogen-bond donors (Lipinski definition) is 2. The number of rotatable bonds is 2. The van der Waals surface area contributed by atoms with Crippen LogP contribution in [0.25, 0.3) is 10.6 Å². The van der Waals surface area contributed by atoms with Crippen molar-refractivity contribution >= 4 is 23.1 Å². The van der Waals surface area contributed by atoms with E-state index in [1.807, 2.05) is 12.1 Å². The van der Waals surface area contributed by atoms with Crippen molar-refractivity contribution in [3.63, 3.8) is 0 Å². The molecule has 0 radical (unpaired) electrons. The third kappa shape index (κ3) is 3.20. The van der Waals surface area contributed by atoms with Crippen LogP contribution in [0.5, 0.6) is 0 Å². The normalized spacial score (nSPS) is 17.7. The van der Waals surface area contributed by atoms with Gasteiger partial charge in [0.1, 0.15) is 5.82 Å². The molecule has 0 aliphatic carbocycles. The fourth-order valence-corrected chi connectivity index (χ4v) is 5.47. The minimum absolute atomic E-state index is 0.0655. The third-order valence-corrected chi connectivity index (χ3v) is 7.02. The zero-order valence-corrected chi connectivity index (χ0v) is 17.1. The van der Waals surface area contributed by atoms with Crippen molar-refractivity contribution in [1.82, 2.24) is 19.9 Å². The number of likely N-dealkylation sites (tertiary alicyclic amines) is 1. The number of nitrogens with two attached hydrogens (primary N) is 1. The van der Waals surface area contributed by atoms with E-state index >= 15 is 0 Å². The maximum absolute atomic E-state index is 12.7. The van der Waals surface area contributed by atoms with Gasteiger partial charge in [-0.1, -0.05) is 6.07 Å². The van der Waals surface area contributed by atoms with Crippen LogP contribution in [0.4, 0.5) is 5.82 Å². The van der Waals surface area contributed by atoms with Gasteiger partial charge in [0.15, 0.2) is 5.69 Å². The van der Waals surface area contributed by atoms with Crippen LogP contribution in [0.3, 0.4) is 0 Å². The quantitative estimate of drug-likeness (QED) is 0.653. The first kappa shape index (κ1) is 19.0. The number of H-pyrrole nitrogens is 1. The molecule has 0 bridgehead atoms. The van der Waals surface area contributed by atoms with Gasteiger partial charge in [0.25, 0.3) is 11.5 Å². The number of nitrogen functional groups attached to an aromatic ring is 1. The molecule has 3 aromatic heterocycles. The minimum atomic E-state index is -0.462. The molecule has 3 aromatic rings. The molecule has 30 heavy (non-hydrogen) atoms. The lowest BCUT2D eigenvalue weighted by Crippen LogP contribution is -2.49. The first-order valence-electron chi connectivity index (χ1n) is 9.89. The van der Waals surface area contributed by atoms with Crippen LogP contribution in [0.15, 0.2) is 41.5 Å². The summed E-state index contributed by atoms with van der Waals surface area (Å²) in [4.78, 5) is 39.7. The highest BCUT2D eigenvalue weighted by molar-refractivity contribution is 7.15. The van der Waals surface area contributed by atoms with E-state index in [9.17, 15) is 9.59 Å². The summed E-state index contributed by atoms with van der Waals surface area (Å²) in [6, 6.07) is 7.82. The Morgan fingerprint density at radius 1 is 1.30 bits per heavy atom. The predicted octanol–water partition coefficient (Wildman–Crippen LogP) is 2.18. The SMILES string of the molecule is Nc1cccc(-c2cc3c(s2)CCOC32CCN(C(=O)c3ncc[nH]c3=O)CC2)n1. The van der Waals surface area contributed by atoms with E-state index in [4.69, 9.17) is 10.5 Å². The minimum Gasteiger partial charge on any atom is -0.384 e. The first-order chi connectivity index (χ1) is 14.6. The average Bonchev–Trinajstić information content (AvgIpc) is 3.21. The molecule has 3 N–H and O–H groups in total. The molecule has 1 fully saturated rings. The van der Waals surface area contributed by atoms with E-state index in [0.29, 0.717) is 38.4 Å². The molecule has 9 heteroatoms. The van der Waals surface area contributed by atoms with E-state index < -0.39 is 11.2 Å². The number of nitrogens with zero attached hydrogens (tertiary/aromatic N) is 3. The summed E-state index contributed by atoms with van der Waals surface area (Å²) in [6.45, 7) is 1.68. The van der Waals surface area contributed by atoms with Crippen LogP contribution in [0.1, 0.15) is 33.8 Å². The van der Waals surface area contributed by atoms with Gasteiger partial charge in [-0.3, -0.25) is 9.59 Å². The van der Waals surface area contributed by atoms with E-state index in [2.05, 4.69) is 21.0 Å². The lowest BCUT2D eigenvalue weighted by Gasteiger charge is -2.43.